The Morgan fingerprint density at radius 2 is 1.59 bits per heavy atom. The maximum atomic E-state index is 13.3. The number of nitrogens with one attached hydrogen (secondary N) is 1. The first-order valence-corrected chi connectivity index (χ1v) is 12.7. The molecule has 0 aliphatic carbocycles. The third kappa shape index (κ3) is 5.97. The van der Waals surface area contributed by atoms with Crippen LogP contribution in [0.25, 0.3) is 0 Å². The smallest absolute Gasteiger partial charge is 0.354 e. The van der Waals surface area contributed by atoms with Crippen LogP contribution in [0.5, 0.6) is 0 Å². The minimum Gasteiger partial charge on any atom is -0.354 e. The van der Waals surface area contributed by atoms with Crippen LogP contribution in [0.1, 0.15) is 37.3 Å². The van der Waals surface area contributed by atoms with E-state index in [1.165, 1.54) is 12.1 Å². The Balaban J connectivity index is 1.59. The zero-order valence-corrected chi connectivity index (χ0v) is 20.1. The van der Waals surface area contributed by atoms with E-state index in [0.717, 1.165) is 28.4 Å². The van der Waals surface area contributed by atoms with Gasteiger partial charge in [-0.05, 0) is 31.0 Å². The van der Waals surface area contributed by atoms with E-state index < -0.39 is 32.7 Å². The highest BCUT2D eigenvalue weighted by molar-refractivity contribution is 7.89. The van der Waals surface area contributed by atoms with Crippen molar-refractivity contribution in [1.29, 1.82) is 0 Å². The van der Waals surface area contributed by atoms with E-state index >= 15 is 0 Å². The molecular formula is C24H30F3N3O3S. The summed E-state index contributed by atoms with van der Waals surface area (Å²) in [7, 11) is -4.31. The summed E-state index contributed by atoms with van der Waals surface area (Å²) in [5.41, 5.74) is -0.0232. The Hall–Kier alpha value is -2.43. The molecule has 0 saturated carbocycles. The van der Waals surface area contributed by atoms with Crippen molar-refractivity contribution < 1.29 is 26.4 Å². The van der Waals surface area contributed by atoms with Crippen molar-refractivity contribution >= 4 is 15.9 Å². The second kappa shape index (κ2) is 10.9. The molecule has 34 heavy (non-hydrogen) atoms. The fourth-order valence-electron chi connectivity index (χ4n) is 4.16. The monoisotopic (exact) mass is 497 g/mol. The fraction of sp³-hybridized carbons (Fsp3) is 0.458. The van der Waals surface area contributed by atoms with E-state index in [1.54, 1.807) is 6.92 Å². The van der Waals surface area contributed by atoms with Crippen LogP contribution in [0.4, 0.5) is 13.2 Å². The highest BCUT2D eigenvalue weighted by Gasteiger charge is 2.40. The third-order valence-electron chi connectivity index (χ3n) is 6.30. The van der Waals surface area contributed by atoms with Crippen LogP contribution in [0, 0.1) is 0 Å². The molecule has 186 valence electrons. The topological polar surface area (TPSA) is 69.7 Å². The van der Waals surface area contributed by atoms with Crippen LogP contribution in [0.15, 0.2) is 59.5 Å². The first-order chi connectivity index (χ1) is 16.1. The van der Waals surface area contributed by atoms with Gasteiger partial charge in [0.1, 0.15) is 0 Å². The molecule has 0 radical (unpaired) electrons. The molecule has 1 heterocycles. The van der Waals surface area contributed by atoms with Gasteiger partial charge in [0.25, 0.3) is 0 Å². The van der Waals surface area contributed by atoms with Gasteiger partial charge < -0.3 is 5.32 Å². The van der Waals surface area contributed by atoms with E-state index in [-0.39, 0.29) is 38.0 Å². The Kier molecular flexibility index (Phi) is 8.38. The van der Waals surface area contributed by atoms with Gasteiger partial charge in [0.05, 0.1) is 16.5 Å². The van der Waals surface area contributed by atoms with Gasteiger partial charge in [-0.1, -0.05) is 49.4 Å². The summed E-state index contributed by atoms with van der Waals surface area (Å²) in [5.74, 6) is 0.0288. The number of hydrogen-bond acceptors (Lipinski definition) is 4. The average Bonchev–Trinajstić information content (AvgIpc) is 2.84. The van der Waals surface area contributed by atoms with Gasteiger partial charge in [-0.25, -0.2) is 8.42 Å². The lowest BCUT2D eigenvalue weighted by Gasteiger charge is -2.37. The van der Waals surface area contributed by atoms with Crippen molar-refractivity contribution in [3.63, 3.8) is 0 Å². The SMILES string of the molecule is CC[C@@H](CNC(=O)[C@H](C)N1CCN(S(=O)(=O)c2ccccc2C(F)(F)F)CC1)c1ccccc1. The van der Waals surface area contributed by atoms with Crippen LogP contribution in [0.3, 0.4) is 0 Å². The van der Waals surface area contributed by atoms with Gasteiger partial charge in [0.15, 0.2) is 0 Å². The Morgan fingerprint density at radius 1 is 1.00 bits per heavy atom. The molecule has 1 aliphatic rings. The minimum absolute atomic E-state index is 0.00768. The van der Waals surface area contributed by atoms with Crippen LogP contribution in [-0.2, 0) is 21.0 Å². The largest absolute Gasteiger partial charge is 0.417 e. The van der Waals surface area contributed by atoms with Crippen molar-refractivity contribution in [3.8, 4) is 0 Å². The summed E-state index contributed by atoms with van der Waals surface area (Å²) in [4.78, 5) is 13.8. The maximum absolute atomic E-state index is 13.3. The summed E-state index contributed by atoms with van der Waals surface area (Å²) >= 11 is 0. The van der Waals surface area contributed by atoms with Gasteiger partial charge in [-0.2, -0.15) is 17.5 Å². The van der Waals surface area contributed by atoms with Crippen LogP contribution in [0.2, 0.25) is 0 Å². The summed E-state index contributed by atoms with van der Waals surface area (Å²) in [6.07, 6.45) is -3.90. The van der Waals surface area contributed by atoms with E-state index in [0.29, 0.717) is 6.54 Å². The van der Waals surface area contributed by atoms with Gasteiger partial charge in [0, 0.05) is 38.6 Å². The van der Waals surface area contributed by atoms with E-state index in [2.05, 4.69) is 12.2 Å². The summed E-state index contributed by atoms with van der Waals surface area (Å²) in [6, 6.07) is 13.6. The highest BCUT2D eigenvalue weighted by atomic mass is 32.2. The second-order valence-electron chi connectivity index (χ2n) is 8.37. The molecule has 0 unspecified atom stereocenters. The minimum atomic E-state index is -4.77. The molecule has 1 aliphatic heterocycles. The molecule has 0 spiro atoms. The van der Waals surface area contributed by atoms with Crippen molar-refractivity contribution in [2.45, 2.75) is 43.3 Å². The summed E-state index contributed by atoms with van der Waals surface area (Å²) in [5, 5.41) is 2.98. The Morgan fingerprint density at radius 3 is 2.18 bits per heavy atom. The van der Waals surface area contributed by atoms with Gasteiger partial charge in [0.2, 0.25) is 15.9 Å². The number of hydrogen-bond donors (Lipinski definition) is 1. The predicted octanol–water partition coefficient (Wildman–Crippen LogP) is 3.71. The number of amides is 1. The zero-order valence-electron chi connectivity index (χ0n) is 19.3. The van der Waals surface area contributed by atoms with Crippen molar-refractivity contribution in [2.24, 2.45) is 0 Å². The fourth-order valence-corrected chi connectivity index (χ4v) is 5.79. The number of halogens is 3. The molecule has 0 aromatic heterocycles. The summed E-state index contributed by atoms with van der Waals surface area (Å²) in [6.45, 7) is 4.81. The van der Waals surface area contributed by atoms with Gasteiger partial charge in [-0.3, -0.25) is 9.69 Å². The average molecular weight is 498 g/mol. The molecule has 1 fully saturated rings. The number of nitrogens with zero attached hydrogens (tertiary/aromatic N) is 2. The quantitative estimate of drug-likeness (QED) is 0.604. The van der Waals surface area contributed by atoms with Gasteiger partial charge in [-0.15, -0.1) is 0 Å². The maximum Gasteiger partial charge on any atom is 0.417 e. The molecule has 1 amide bonds. The zero-order chi connectivity index (χ0) is 24.9. The standard InChI is InChI=1S/C24H30F3N3O3S/c1-3-19(20-9-5-4-6-10-20)17-28-23(31)18(2)29-13-15-30(16-14-29)34(32,33)22-12-8-7-11-21(22)24(25,26)27/h4-12,18-19H,3,13-17H2,1-2H3,(H,28,31)/t18-,19-/m0/s1. The van der Waals surface area contributed by atoms with Crippen LogP contribution in [-0.4, -0.2) is 62.3 Å². The molecule has 6 nitrogen and oxygen atoms in total. The van der Waals surface area contributed by atoms with Gasteiger partial charge >= 0.3 is 6.18 Å². The van der Waals surface area contributed by atoms with E-state index in [9.17, 15) is 26.4 Å². The third-order valence-corrected chi connectivity index (χ3v) is 8.25. The highest BCUT2D eigenvalue weighted by Crippen LogP contribution is 2.35. The predicted molar refractivity (Wildman–Crippen MR) is 124 cm³/mol. The first-order valence-electron chi connectivity index (χ1n) is 11.3. The Bertz CT molecular complexity index is 1070. The van der Waals surface area contributed by atoms with Crippen molar-refractivity contribution in [2.75, 3.05) is 32.7 Å². The molecule has 3 rings (SSSR count). The molecule has 1 N–H and O–H groups in total. The lowest BCUT2D eigenvalue weighted by Crippen LogP contribution is -2.55. The Labute approximate surface area is 198 Å². The normalized spacial score (nSPS) is 17.8. The number of carbonyl (C=O) groups is 1. The summed E-state index contributed by atoms with van der Waals surface area (Å²) < 4.78 is 66.9. The number of benzene rings is 2. The second-order valence-corrected chi connectivity index (χ2v) is 10.3. The molecule has 1 saturated heterocycles. The van der Waals surface area contributed by atoms with Crippen LogP contribution >= 0.6 is 0 Å². The molecule has 2 atom stereocenters. The molecule has 2 aromatic rings. The van der Waals surface area contributed by atoms with Crippen molar-refractivity contribution in [3.05, 3.63) is 65.7 Å². The molecule has 10 heteroatoms. The number of carbonyl (C=O) groups excluding carboxylic acids is 1. The van der Waals surface area contributed by atoms with Crippen molar-refractivity contribution in [1.82, 2.24) is 14.5 Å². The van der Waals surface area contributed by atoms with E-state index in [1.807, 2.05) is 35.2 Å². The number of sulfonamides is 1. The number of alkyl halides is 3. The lowest BCUT2D eigenvalue weighted by atomic mass is 9.96. The molecular weight excluding hydrogens is 467 g/mol. The van der Waals surface area contributed by atoms with Crippen LogP contribution < -0.4 is 5.32 Å². The van der Waals surface area contributed by atoms with E-state index in [4.69, 9.17) is 0 Å². The molecule has 0 bridgehead atoms. The number of rotatable bonds is 8. The molecule has 2 aromatic carbocycles. The first kappa shape index (κ1) is 26.2. The number of piperazine rings is 1. The lowest BCUT2D eigenvalue weighted by molar-refractivity contribution is -0.140.